The number of hydrogen-bond donors (Lipinski definition) is 3. The zero-order valence-electron chi connectivity index (χ0n) is 14.7. The van der Waals surface area contributed by atoms with Crippen molar-refractivity contribution in [3.05, 3.63) is 47.8 Å². The van der Waals surface area contributed by atoms with Crippen LogP contribution in [0.3, 0.4) is 0 Å². The summed E-state index contributed by atoms with van der Waals surface area (Å²) in [6.45, 7) is 4.12. The van der Waals surface area contributed by atoms with Crippen LogP contribution in [-0.2, 0) is 11.3 Å². The molecule has 0 atom stereocenters. The van der Waals surface area contributed by atoms with Gasteiger partial charge in [-0.15, -0.1) is 0 Å². The molecule has 26 heavy (non-hydrogen) atoms. The van der Waals surface area contributed by atoms with E-state index in [2.05, 4.69) is 30.9 Å². The summed E-state index contributed by atoms with van der Waals surface area (Å²) in [7, 11) is 0. The van der Waals surface area contributed by atoms with Crippen LogP contribution in [0.1, 0.15) is 41.0 Å². The summed E-state index contributed by atoms with van der Waals surface area (Å²) in [6, 6.07) is 3.65. The Morgan fingerprint density at radius 2 is 2.15 bits per heavy atom. The van der Waals surface area contributed by atoms with Crippen LogP contribution in [0.2, 0.25) is 0 Å². The van der Waals surface area contributed by atoms with E-state index in [4.69, 9.17) is 0 Å². The van der Waals surface area contributed by atoms with Crippen LogP contribution < -0.4 is 16.0 Å². The van der Waals surface area contributed by atoms with E-state index in [0.717, 1.165) is 24.3 Å². The Kier molecular flexibility index (Phi) is 5.98. The average molecular weight is 354 g/mol. The Hall–Kier alpha value is -2.71. The van der Waals surface area contributed by atoms with Crippen molar-refractivity contribution in [1.82, 2.24) is 25.6 Å². The van der Waals surface area contributed by atoms with Crippen LogP contribution in [-0.4, -0.2) is 46.3 Å². The number of Topliss-reactive ketones (excluding diaryl/α,β-unsaturated/α-hetero) is 1. The summed E-state index contributed by atoms with van der Waals surface area (Å²) in [4.78, 5) is 36.6. The van der Waals surface area contributed by atoms with Crippen molar-refractivity contribution in [2.75, 3.05) is 25.0 Å². The molecule has 0 spiro atoms. The van der Waals surface area contributed by atoms with Gasteiger partial charge < -0.3 is 16.0 Å². The van der Waals surface area contributed by atoms with Crippen LogP contribution in [0, 0.1) is 0 Å². The SMILES string of the molecule is CCC(=O)c1ncc(C2CNC2)cc1NC(=O)CNCc1ccncn1. The molecule has 3 N–H and O–H groups in total. The molecule has 1 saturated heterocycles. The number of carbonyl (C=O) groups is 2. The summed E-state index contributed by atoms with van der Waals surface area (Å²) in [5.74, 6) is 0.0576. The third-order valence-corrected chi connectivity index (χ3v) is 4.26. The molecule has 2 aromatic rings. The largest absolute Gasteiger partial charge is 0.323 e. The van der Waals surface area contributed by atoms with Crippen LogP contribution in [0.5, 0.6) is 0 Å². The Bertz CT molecular complexity index is 777. The van der Waals surface area contributed by atoms with Gasteiger partial charge in [0.05, 0.1) is 17.9 Å². The average Bonchev–Trinajstić information content (AvgIpc) is 2.61. The van der Waals surface area contributed by atoms with Crippen molar-refractivity contribution in [3.8, 4) is 0 Å². The maximum absolute atomic E-state index is 12.3. The lowest BCUT2D eigenvalue weighted by molar-refractivity contribution is -0.115. The highest BCUT2D eigenvalue weighted by molar-refractivity contribution is 6.03. The van der Waals surface area contributed by atoms with Gasteiger partial charge in [-0.2, -0.15) is 0 Å². The number of carbonyl (C=O) groups excluding carboxylic acids is 2. The van der Waals surface area contributed by atoms with Gasteiger partial charge in [0.15, 0.2) is 5.78 Å². The fraction of sp³-hybridized carbons (Fsp3) is 0.389. The first-order valence-electron chi connectivity index (χ1n) is 8.66. The van der Waals surface area contributed by atoms with Gasteiger partial charge in [-0.25, -0.2) is 9.97 Å². The lowest BCUT2D eigenvalue weighted by Crippen LogP contribution is -2.40. The zero-order chi connectivity index (χ0) is 18.4. The minimum absolute atomic E-state index is 0.0903. The number of aromatic nitrogens is 3. The van der Waals surface area contributed by atoms with Gasteiger partial charge >= 0.3 is 0 Å². The van der Waals surface area contributed by atoms with Gasteiger partial charge in [0.2, 0.25) is 5.91 Å². The van der Waals surface area contributed by atoms with Crippen molar-refractivity contribution in [3.63, 3.8) is 0 Å². The maximum atomic E-state index is 12.3. The Labute approximate surface area is 151 Å². The second kappa shape index (κ2) is 8.59. The monoisotopic (exact) mass is 354 g/mol. The fourth-order valence-electron chi connectivity index (χ4n) is 2.63. The van der Waals surface area contributed by atoms with Gasteiger partial charge in [-0.05, 0) is 17.7 Å². The third kappa shape index (κ3) is 4.47. The Morgan fingerprint density at radius 1 is 1.31 bits per heavy atom. The number of nitrogens with one attached hydrogen (secondary N) is 3. The first-order chi connectivity index (χ1) is 12.7. The van der Waals surface area contributed by atoms with Crippen molar-refractivity contribution < 1.29 is 9.59 Å². The minimum atomic E-state index is -0.227. The standard InChI is InChI=1S/C18H22N6O2/c1-2-16(25)18-15(5-12(8-22-18)13-6-20-7-13)24-17(26)10-21-9-14-3-4-19-11-23-14/h3-5,8,11,13,20-21H,2,6-7,9-10H2,1H3,(H,24,26). The van der Waals surface area contributed by atoms with Gasteiger partial charge in [0, 0.05) is 44.4 Å². The fourth-order valence-corrected chi connectivity index (χ4v) is 2.63. The van der Waals surface area contributed by atoms with Crippen LogP contribution in [0.4, 0.5) is 5.69 Å². The highest BCUT2D eigenvalue weighted by Gasteiger charge is 2.22. The lowest BCUT2D eigenvalue weighted by Gasteiger charge is -2.27. The number of ketones is 1. The van der Waals surface area contributed by atoms with Gasteiger partial charge in [-0.3, -0.25) is 14.6 Å². The first-order valence-corrected chi connectivity index (χ1v) is 8.66. The smallest absolute Gasteiger partial charge is 0.238 e. The summed E-state index contributed by atoms with van der Waals surface area (Å²) in [6.07, 6.45) is 5.19. The van der Waals surface area contributed by atoms with Gasteiger partial charge in [0.25, 0.3) is 0 Å². The van der Waals surface area contributed by atoms with Crippen molar-refractivity contribution in [2.45, 2.75) is 25.8 Å². The van der Waals surface area contributed by atoms with E-state index in [1.807, 2.05) is 6.07 Å². The maximum Gasteiger partial charge on any atom is 0.238 e. The second-order valence-corrected chi connectivity index (χ2v) is 6.15. The highest BCUT2D eigenvalue weighted by Crippen LogP contribution is 2.24. The molecule has 3 heterocycles. The van der Waals surface area contributed by atoms with E-state index in [1.165, 1.54) is 6.33 Å². The Morgan fingerprint density at radius 3 is 2.81 bits per heavy atom. The van der Waals surface area contributed by atoms with Crippen molar-refractivity contribution >= 4 is 17.4 Å². The molecule has 136 valence electrons. The lowest BCUT2D eigenvalue weighted by atomic mass is 9.94. The van der Waals surface area contributed by atoms with Crippen molar-refractivity contribution in [1.29, 1.82) is 0 Å². The molecule has 1 aliphatic rings. The molecule has 1 aliphatic heterocycles. The minimum Gasteiger partial charge on any atom is -0.323 e. The summed E-state index contributed by atoms with van der Waals surface area (Å²) < 4.78 is 0. The topological polar surface area (TPSA) is 109 Å². The number of pyridine rings is 1. The van der Waals surface area contributed by atoms with E-state index in [0.29, 0.717) is 30.3 Å². The molecule has 1 amide bonds. The molecular formula is C18H22N6O2. The number of rotatable bonds is 8. The zero-order valence-corrected chi connectivity index (χ0v) is 14.7. The first kappa shape index (κ1) is 18.1. The quantitative estimate of drug-likeness (QED) is 0.604. The molecule has 0 bridgehead atoms. The van der Waals surface area contributed by atoms with E-state index >= 15 is 0 Å². The van der Waals surface area contributed by atoms with Gasteiger partial charge in [0.1, 0.15) is 12.0 Å². The predicted molar refractivity (Wildman–Crippen MR) is 96.8 cm³/mol. The van der Waals surface area contributed by atoms with Crippen LogP contribution in [0.25, 0.3) is 0 Å². The number of anilines is 1. The van der Waals surface area contributed by atoms with Crippen molar-refractivity contribution in [2.24, 2.45) is 0 Å². The molecule has 8 heteroatoms. The Balaban J connectivity index is 1.64. The van der Waals surface area contributed by atoms with E-state index in [9.17, 15) is 9.59 Å². The summed E-state index contributed by atoms with van der Waals surface area (Å²) in [5, 5.41) is 9.05. The molecule has 0 aliphatic carbocycles. The molecule has 2 aromatic heterocycles. The molecule has 0 unspecified atom stereocenters. The number of hydrogen-bond acceptors (Lipinski definition) is 7. The number of nitrogens with zero attached hydrogens (tertiary/aromatic N) is 3. The highest BCUT2D eigenvalue weighted by atomic mass is 16.2. The molecule has 1 fully saturated rings. The van der Waals surface area contributed by atoms with E-state index in [1.54, 1.807) is 25.4 Å². The second-order valence-electron chi connectivity index (χ2n) is 6.15. The molecule has 3 rings (SSSR count). The van der Waals surface area contributed by atoms with Crippen LogP contribution >= 0.6 is 0 Å². The molecule has 0 saturated carbocycles. The predicted octanol–water partition coefficient (Wildman–Crippen LogP) is 0.879. The number of amides is 1. The molecule has 0 aromatic carbocycles. The van der Waals surface area contributed by atoms with Gasteiger partial charge in [-0.1, -0.05) is 6.92 Å². The summed E-state index contributed by atoms with van der Waals surface area (Å²) >= 11 is 0. The summed E-state index contributed by atoms with van der Waals surface area (Å²) in [5.41, 5.74) is 2.62. The van der Waals surface area contributed by atoms with Crippen LogP contribution in [0.15, 0.2) is 30.9 Å². The molecule has 0 radical (unpaired) electrons. The van der Waals surface area contributed by atoms with E-state index < -0.39 is 0 Å². The normalized spacial score (nSPS) is 13.9. The molecule has 8 nitrogen and oxygen atoms in total. The third-order valence-electron chi connectivity index (χ3n) is 4.26. The molecular weight excluding hydrogens is 332 g/mol. The van der Waals surface area contributed by atoms with E-state index in [-0.39, 0.29) is 18.2 Å².